The van der Waals surface area contributed by atoms with Crippen LogP contribution in [0.25, 0.3) is 0 Å². The van der Waals surface area contributed by atoms with Crippen molar-refractivity contribution in [2.24, 2.45) is 0 Å². The molecule has 0 aromatic carbocycles. The molecule has 1 atom stereocenters. The largest absolute Gasteiger partial charge is 0.396 e. The van der Waals surface area contributed by atoms with E-state index in [9.17, 15) is 5.11 Å². The quantitative estimate of drug-likeness (QED) is 0.343. The fourth-order valence-corrected chi connectivity index (χ4v) is 2.86. The molecule has 2 heteroatoms. The maximum Gasteiger partial charge on any atom is 0.0540 e. The lowest BCUT2D eigenvalue weighted by Gasteiger charge is -2.10. The maximum atomic E-state index is 9.93. The summed E-state index contributed by atoms with van der Waals surface area (Å²) in [6, 6.07) is 0. The van der Waals surface area contributed by atoms with Crippen molar-refractivity contribution >= 4 is 0 Å². The molecule has 2 N–H and O–H groups in total. The predicted octanol–water partition coefficient (Wildman–Crippen LogP) is 5.60. The molecular weight excluding hydrogens is 260 g/mol. The van der Waals surface area contributed by atoms with Gasteiger partial charge in [0.15, 0.2) is 0 Å². The molecule has 0 radical (unpaired) electrons. The van der Waals surface area contributed by atoms with Crippen LogP contribution in [-0.2, 0) is 0 Å². The fraction of sp³-hybridized carbons (Fsp3) is 1.00. The van der Waals surface area contributed by atoms with Gasteiger partial charge in [-0.2, -0.15) is 0 Å². The monoisotopic (exact) mass is 300 g/mol. The predicted molar refractivity (Wildman–Crippen MR) is 92.6 cm³/mol. The third-order valence-corrected chi connectivity index (χ3v) is 4.34. The van der Waals surface area contributed by atoms with Crippen molar-refractivity contribution in [3.8, 4) is 0 Å². The van der Waals surface area contributed by atoms with Gasteiger partial charge in [0.25, 0.3) is 0 Å². The zero-order chi connectivity index (χ0) is 15.6. The van der Waals surface area contributed by atoms with Crippen LogP contribution in [0.4, 0.5) is 0 Å². The topological polar surface area (TPSA) is 40.5 Å². The van der Waals surface area contributed by atoms with Crippen LogP contribution in [0.5, 0.6) is 0 Å². The number of aliphatic hydroxyl groups is 2. The number of hydrogen-bond donors (Lipinski definition) is 2. The Morgan fingerprint density at radius 1 is 0.571 bits per heavy atom. The Hall–Kier alpha value is -0.0800. The van der Waals surface area contributed by atoms with Crippen LogP contribution in [0.15, 0.2) is 0 Å². The third-order valence-electron chi connectivity index (χ3n) is 4.34. The molecule has 2 nitrogen and oxygen atoms in total. The van der Waals surface area contributed by atoms with E-state index in [0.29, 0.717) is 6.61 Å². The molecule has 0 saturated carbocycles. The smallest absolute Gasteiger partial charge is 0.0540 e. The van der Waals surface area contributed by atoms with Crippen molar-refractivity contribution in [2.45, 2.75) is 116 Å². The highest BCUT2D eigenvalue weighted by Gasteiger charge is 2.03. The minimum atomic E-state index is -0.0602. The highest BCUT2D eigenvalue weighted by molar-refractivity contribution is 4.57. The molecule has 0 aliphatic rings. The summed E-state index contributed by atoms with van der Waals surface area (Å²) in [4.78, 5) is 0. The summed E-state index contributed by atoms with van der Waals surface area (Å²) in [5, 5.41) is 18.6. The van der Waals surface area contributed by atoms with Crippen molar-refractivity contribution in [2.75, 3.05) is 6.61 Å². The SMILES string of the molecule is CCCCCCCCCC(O)CCCCCCCCCO. The van der Waals surface area contributed by atoms with Crippen molar-refractivity contribution in [3.05, 3.63) is 0 Å². The summed E-state index contributed by atoms with van der Waals surface area (Å²) >= 11 is 0. The molecule has 0 rings (SSSR count). The molecule has 0 bridgehead atoms. The summed E-state index contributed by atoms with van der Waals surface area (Å²) < 4.78 is 0. The first-order chi connectivity index (χ1) is 10.3. The van der Waals surface area contributed by atoms with E-state index in [0.717, 1.165) is 25.7 Å². The summed E-state index contributed by atoms with van der Waals surface area (Å²) in [7, 11) is 0. The van der Waals surface area contributed by atoms with Gasteiger partial charge in [-0.1, -0.05) is 90.4 Å². The molecule has 0 aliphatic heterocycles. The minimum Gasteiger partial charge on any atom is -0.396 e. The van der Waals surface area contributed by atoms with E-state index in [1.165, 1.54) is 77.0 Å². The standard InChI is InChI=1S/C19H40O2/c1-2-3-4-5-7-10-13-16-19(21)17-14-11-8-6-9-12-15-18-20/h19-21H,2-18H2,1H3. The average molecular weight is 301 g/mol. The van der Waals surface area contributed by atoms with Crippen LogP contribution >= 0.6 is 0 Å². The Morgan fingerprint density at radius 2 is 0.952 bits per heavy atom. The lowest BCUT2D eigenvalue weighted by atomic mass is 10.0. The van der Waals surface area contributed by atoms with Crippen LogP contribution < -0.4 is 0 Å². The number of unbranched alkanes of at least 4 members (excludes halogenated alkanes) is 12. The van der Waals surface area contributed by atoms with E-state index < -0.39 is 0 Å². The van der Waals surface area contributed by atoms with E-state index in [2.05, 4.69) is 6.92 Å². The summed E-state index contributed by atoms with van der Waals surface area (Å²) in [6.07, 6.45) is 19.6. The Labute approximate surface area is 133 Å². The normalized spacial score (nSPS) is 12.7. The number of hydrogen-bond acceptors (Lipinski definition) is 2. The van der Waals surface area contributed by atoms with Crippen LogP contribution in [0.2, 0.25) is 0 Å². The third kappa shape index (κ3) is 17.9. The fourth-order valence-electron chi connectivity index (χ4n) is 2.86. The second-order valence-electron chi connectivity index (χ2n) is 6.55. The molecule has 0 aliphatic carbocycles. The molecule has 0 saturated heterocycles. The van der Waals surface area contributed by atoms with Gasteiger partial charge in [-0.05, 0) is 19.3 Å². The van der Waals surface area contributed by atoms with E-state index in [-0.39, 0.29) is 6.10 Å². The van der Waals surface area contributed by atoms with Crippen molar-refractivity contribution in [3.63, 3.8) is 0 Å². The summed E-state index contributed by atoms with van der Waals surface area (Å²) in [6.45, 7) is 2.59. The maximum absolute atomic E-state index is 9.93. The molecule has 0 aromatic heterocycles. The lowest BCUT2D eigenvalue weighted by Crippen LogP contribution is -2.05. The van der Waals surface area contributed by atoms with Crippen molar-refractivity contribution < 1.29 is 10.2 Å². The molecule has 0 heterocycles. The highest BCUT2D eigenvalue weighted by Crippen LogP contribution is 2.14. The average Bonchev–Trinajstić information content (AvgIpc) is 2.49. The first-order valence-electron chi connectivity index (χ1n) is 9.60. The molecular formula is C19H40O2. The lowest BCUT2D eigenvalue weighted by molar-refractivity contribution is 0.147. The van der Waals surface area contributed by atoms with Crippen molar-refractivity contribution in [1.29, 1.82) is 0 Å². The van der Waals surface area contributed by atoms with Gasteiger partial charge in [-0.3, -0.25) is 0 Å². The second-order valence-corrected chi connectivity index (χ2v) is 6.55. The molecule has 0 fully saturated rings. The van der Waals surface area contributed by atoms with E-state index in [4.69, 9.17) is 5.11 Å². The molecule has 0 spiro atoms. The first-order valence-corrected chi connectivity index (χ1v) is 9.60. The van der Waals surface area contributed by atoms with Gasteiger partial charge in [0.2, 0.25) is 0 Å². The minimum absolute atomic E-state index is 0.0602. The Kier molecular flexibility index (Phi) is 17.9. The van der Waals surface area contributed by atoms with Crippen LogP contribution in [-0.4, -0.2) is 22.9 Å². The molecule has 0 aromatic rings. The van der Waals surface area contributed by atoms with Gasteiger partial charge in [-0.25, -0.2) is 0 Å². The highest BCUT2D eigenvalue weighted by atomic mass is 16.3. The molecule has 128 valence electrons. The van der Waals surface area contributed by atoms with E-state index in [1.807, 2.05) is 0 Å². The second kappa shape index (κ2) is 18.0. The van der Waals surface area contributed by atoms with Crippen LogP contribution in [0.3, 0.4) is 0 Å². The van der Waals surface area contributed by atoms with Crippen LogP contribution in [0.1, 0.15) is 110 Å². The Balaban J connectivity index is 3.11. The molecule has 0 amide bonds. The first kappa shape index (κ1) is 20.9. The summed E-state index contributed by atoms with van der Waals surface area (Å²) in [5.74, 6) is 0. The van der Waals surface area contributed by atoms with Gasteiger partial charge in [0, 0.05) is 6.61 Å². The zero-order valence-corrected chi connectivity index (χ0v) is 14.5. The molecule has 1 unspecified atom stereocenters. The van der Waals surface area contributed by atoms with Gasteiger partial charge in [-0.15, -0.1) is 0 Å². The zero-order valence-electron chi connectivity index (χ0n) is 14.5. The van der Waals surface area contributed by atoms with Gasteiger partial charge in [0.05, 0.1) is 6.10 Å². The van der Waals surface area contributed by atoms with Crippen LogP contribution in [0, 0.1) is 0 Å². The summed E-state index contributed by atoms with van der Waals surface area (Å²) in [5.41, 5.74) is 0. The Bertz CT molecular complexity index is 182. The van der Waals surface area contributed by atoms with Gasteiger partial charge < -0.3 is 10.2 Å². The number of rotatable bonds is 17. The van der Waals surface area contributed by atoms with Gasteiger partial charge in [0.1, 0.15) is 0 Å². The van der Waals surface area contributed by atoms with E-state index >= 15 is 0 Å². The van der Waals surface area contributed by atoms with Crippen molar-refractivity contribution in [1.82, 2.24) is 0 Å². The number of aliphatic hydroxyl groups excluding tert-OH is 2. The van der Waals surface area contributed by atoms with E-state index in [1.54, 1.807) is 0 Å². The molecule has 21 heavy (non-hydrogen) atoms. The van der Waals surface area contributed by atoms with Gasteiger partial charge >= 0.3 is 0 Å². The Morgan fingerprint density at radius 3 is 1.38 bits per heavy atom.